The van der Waals surface area contributed by atoms with Crippen LogP contribution in [0.3, 0.4) is 0 Å². The van der Waals surface area contributed by atoms with Gasteiger partial charge in [0.1, 0.15) is 0 Å². The Morgan fingerprint density at radius 2 is 1.71 bits per heavy atom. The van der Waals surface area contributed by atoms with Gasteiger partial charge in [0.05, 0.1) is 11.1 Å². The number of hydrogen-bond donors (Lipinski definition) is 3. The first-order valence-electron chi connectivity index (χ1n) is 3.38. The monoisotopic (exact) mass is 211 g/mol. The summed E-state index contributed by atoms with van der Waals surface area (Å²) in [6.45, 7) is 0. The molecule has 0 aliphatic heterocycles. The van der Waals surface area contributed by atoms with Gasteiger partial charge in [-0.1, -0.05) is 0 Å². The highest BCUT2D eigenvalue weighted by atomic mass is 27.0. The molecule has 0 aliphatic carbocycles. The number of carboxylic acid groups (broad SMARTS) is 2. The van der Waals surface area contributed by atoms with E-state index in [1.54, 1.807) is 0 Å². The van der Waals surface area contributed by atoms with E-state index in [2.05, 4.69) is 0 Å². The summed E-state index contributed by atoms with van der Waals surface area (Å²) in [5.74, 6) is -2.31. The van der Waals surface area contributed by atoms with Gasteiger partial charge in [0, 0.05) is 5.69 Å². The second-order valence-electron chi connectivity index (χ2n) is 2.41. The van der Waals surface area contributed by atoms with Crippen LogP contribution < -0.4 is 5.73 Å². The van der Waals surface area contributed by atoms with E-state index in [1.165, 1.54) is 12.1 Å². The SMILES string of the molecule is Nc1cc(C(=O)O)ccc1C(=O)O.[AlH3]. The molecule has 5 nitrogen and oxygen atoms in total. The second kappa shape index (κ2) is 4.65. The van der Waals surface area contributed by atoms with E-state index in [9.17, 15) is 9.59 Å². The zero-order chi connectivity index (χ0) is 10.0. The Bertz CT molecular complexity index is 378. The van der Waals surface area contributed by atoms with Crippen LogP contribution in [0.2, 0.25) is 0 Å². The van der Waals surface area contributed by atoms with Gasteiger partial charge in [-0.25, -0.2) is 9.59 Å². The van der Waals surface area contributed by atoms with E-state index in [1.807, 2.05) is 0 Å². The minimum atomic E-state index is -1.17. The normalized spacial score (nSPS) is 8.86. The highest BCUT2D eigenvalue weighted by Gasteiger charge is 2.10. The standard InChI is InChI=1S/C8H7NO4.Al.3H/c9-6-3-4(7(10)11)1-2-5(6)8(12)13;;;;/h1-3H,9H2,(H,10,11)(H,12,13);;;;. The molecule has 1 aromatic rings. The molecule has 0 aromatic heterocycles. The quantitative estimate of drug-likeness (QED) is 0.451. The number of hydrogen-bond acceptors (Lipinski definition) is 3. The second-order valence-corrected chi connectivity index (χ2v) is 2.41. The Kier molecular flexibility index (Phi) is 4.15. The summed E-state index contributed by atoms with van der Waals surface area (Å²) in [4.78, 5) is 20.9. The molecule has 0 fully saturated rings. The third-order valence-corrected chi connectivity index (χ3v) is 1.53. The average Bonchev–Trinajstić information content (AvgIpc) is 2.03. The predicted molar refractivity (Wildman–Crippen MR) is 54.7 cm³/mol. The van der Waals surface area contributed by atoms with E-state index in [0.717, 1.165) is 6.07 Å². The molecule has 4 N–H and O–H groups in total. The maximum Gasteiger partial charge on any atom is 0.337 e. The number of nitrogens with two attached hydrogens (primary N) is 1. The van der Waals surface area contributed by atoms with Crippen LogP contribution >= 0.6 is 0 Å². The Morgan fingerprint density at radius 1 is 1.14 bits per heavy atom. The van der Waals surface area contributed by atoms with Crippen molar-refractivity contribution in [3.05, 3.63) is 29.3 Å². The molecule has 0 saturated carbocycles. The average molecular weight is 211 g/mol. The zero-order valence-corrected chi connectivity index (χ0v) is 6.52. The van der Waals surface area contributed by atoms with Gasteiger partial charge in [-0.05, 0) is 18.2 Å². The van der Waals surface area contributed by atoms with Crippen molar-refractivity contribution in [2.45, 2.75) is 0 Å². The minimum absolute atomic E-state index is 0. The number of carboxylic acids is 2. The van der Waals surface area contributed by atoms with Crippen LogP contribution in [0, 0.1) is 0 Å². The fraction of sp³-hybridized carbons (Fsp3) is 0. The molecule has 0 aliphatic rings. The molecule has 0 spiro atoms. The molecule has 0 bridgehead atoms. The summed E-state index contributed by atoms with van der Waals surface area (Å²) in [7, 11) is 0. The third kappa shape index (κ3) is 2.49. The summed E-state index contributed by atoms with van der Waals surface area (Å²) in [6.07, 6.45) is 0. The van der Waals surface area contributed by atoms with Gasteiger partial charge in [-0.3, -0.25) is 0 Å². The van der Waals surface area contributed by atoms with Crippen LogP contribution in [-0.2, 0) is 0 Å². The Labute approximate surface area is 90.3 Å². The molecule has 0 atom stereocenters. The maximum atomic E-state index is 10.5. The molecule has 74 valence electrons. The van der Waals surface area contributed by atoms with Gasteiger partial charge in [0.25, 0.3) is 0 Å². The minimum Gasteiger partial charge on any atom is -0.478 e. The first-order valence-corrected chi connectivity index (χ1v) is 3.38. The number of nitrogen functional groups attached to an aromatic ring is 1. The van der Waals surface area contributed by atoms with Crippen molar-refractivity contribution in [2.75, 3.05) is 5.73 Å². The van der Waals surface area contributed by atoms with Crippen molar-refractivity contribution in [3.8, 4) is 0 Å². The van der Waals surface area contributed by atoms with Crippen LogP contribution in [0.15, 0.2) is 18.2 Å². The molecule has 0 unspecified atom stereocenters. The van der Waals surface area contributed by atoms with E-state index < -0.39 is 11.9 Å². The molecule has 0 amide bonds. The summed E-state index contributed by atoms with van der Waals surface area (Å²) >= 11 is 0. The third-order valence-electron chi connectivity index (χ3n) is 1.53. The number of carbonyl (C=O) groups is 2. The first kappa shape index (κ1) is 12.5. The highest BCUT2D eigenvalue weighted by Crippen LogP contribution is 2.13. The van der Waals surface area contributed by atoms with Gasteiger partial charge >= 0.3 is 11.9 Å². The zero-order valence-electron chi connectivity index (χ0n) is 6.52. The fourth-order valence-corrected chi connectivity index (χ4v) is 0.891. The number of rotatable bonds is 2. The fourth-order valence-electron chi connectivity index (χ4n) is 0.891. The summed E-state index contributed by atoms with van der Waals surface area (Å²) in [6, 6.07) is 3.48. The smallest absolute Gasteiger partial charge is 0.337 e. The van der Waals surface area contributed by atoms with Crippen LogP contribution in [0.1, 0.15) is 20.7 Å². The van der Waals surface area contributed by atoms with Crippen molar-refractivity contribution in [2.24, 2.45) is 0 Å². The summed E-state index contributed by atoms with van der Waals surface area (Å²) in [5, 5.41) is 17.1. The van der Waals surface area contributed by atoms with Crippen molar-refractivity contribution in [3.63, 3.8) is 0 Å². The molecule has 1 rings (SSSR count). The Morgan fingerprint density at radius 3 is 2.07 bits per heavy atom. The lowest BCUT2D eigenvalue weighted by Crippen LogP contribution is -2.05. The van der Waals surface area contributed by atoms with Gasteiger partial charge in [0.15, 0.2) is 17.4 Å². The first-order chi connectivity index (χ1) is 6.02. The van der Waals surface area contributed by atoms with Gasteiger partial charge in [-0.15, -0.1) is 0 Å². The number of aromatic carboxylic acids is 2. The largest absolute Gasteiger partial charge is 0.478 e. The van der Waals surface area contributed by atoms with Gasteiger partial charge in [0.2, 0.25) is 0 Å². The molecule has 0 saturated heterocycles. The van der Waals surface area contributed by atoms with Crippen LogP contribution in [-0.4, -0.2) is 39.5 Å². The van der Waals surface area contributed by atoms with Crippen LogP contribution in [0.25, 0.3) is 0 Å². The molecule has 6 heteroatoms. The van der Waals surface area contributed by atoms with E-state index in [0.29, 0.717) is 0 Å². The lowest BCUT2D eigenvalue weighted by atomic mass is 10.1. The molecule has 0 radical (unpaired) electrons. The lowest BCUT2D eigenvalue weighted by molar-refractivity contribution is 0.0682. The van der Waals surface area contributed by atoms with E-state index in [-0.39, 0.29) is 34.2 Å². The predicted octanol–water partition coefficient (Wildman–Crippen LogP) is -0.519. The molecule has 14 heavy (non-hydrogen) atoms. The van der Waals surface area contributed by atoms with E-state index >= 15 is 0 Å². The van der Waals surface area contributed by atoms with Crippen LogP contribution in [0.5, 0.6) is 0 Å². The van der Waals surface area contributed by atoms with Crippen molar-refractivity contribution >= 4 is 35.0 Å². The van der Waals surface area contributed by atoms with Crippen LogP contribution in [0.4, 0.5) is 5.69 Å². The van der Waals surface area contributed by atoms with Crippen molar-refractivity contribution < 1.29 is 19.8 Å². The van der Waals surface area contributed by atoms with Gasteiger partial charge < -0.3 is 15.9 Å². The lowest BCUT2D eigenvalue weighted by Gasteiger charge is -2.00. The molecular formula is C8H10AlNO4. The number of benzene rings is 1. The maximum absolute atomic E-state index is 10.5. The summed E-state index contributed by atoms with van der Waals surface area (Å²) in [5.41, 5.74) is 5.15. The highest BCUT2D eigenvalue weighted by molar-refractivity contribution is 5.96. The Balaban J connectivity index is 0.00000169. The van der Waals surface area contributed by atoms with Gasteiger partial charge in [-0.2, -0.15) is 0 Å². The molecule has 1 aromatic carbocycles. The molecular weight excluding hydrogens is 201 g/mol. The Hall–Kier alpha value is -1.51. The topological polar surface area (TPSA) is 101 Å². The van der Waals surface area contributed by atoms with Crippen molar-refractivity contribution in [1.29, 1.82) is 0 Å². The summed E-state index contributed by atoms with van der Waals surface area (Å²) < 4.78 is 0. The number of anilines is 1. The molecule has 0 heterocycles. The van der Waals surface area contributed by atoms with E-state index in [4.69, 9.17) is 15.9 Å². The van der Waals surface area contributed by atoms with Crippen molar-refractivity contribution in [1.82, 2.24) is 0 Å².